The van der Waals surface area contributed by atoms with Crippen LogP contribution in [0.5, 0.6) is 0 Å². The van der Waals surface area contributed by atoms with Crippen molar-refractivity contribution < 1.29 is 4.79 Å². The van der Waals surface area contributed by atoms with Crippen molar-refractivity contribution in [3.05, 3.63) is 0 Å². The van der Waals surface area contributed by atoms with Gasteiger partial charge in [-0.25, -0.2) is 0 Å². The standard InChI is InChI=1S/C14H30N2O/c1-6-7-8-9-13(4)16(5)14(17)11-15-10-12(2)3/h12-13,15H,6-11H2,1-5H3/t13-/m0/s1. The van der Waals surface area contributed by atoms with Crippen LogP contribution in [0.3, 0.4) is 0 Å². The Morgan fingerprint density at radius 1 is 1.24 bits per heavy atom. The molecule has 0 aliphatic rings. The minimum Gasteiger partial charge on any atom is -0.342 e. The SMILES string of the molecule is CCCCC[C@H](C)N(C)C(=O)CNCC(C)C. The number of likely N-dealkylation sites (N-methyl/N-ethyl adjacent to an activating group) is 1. The van der Waals surface area contributed by atoms with Crippen molar-refractivity contribution >= 4 is 5.91 Å². The molecule has 1 amide bonds. The predicted octanol–water partition coefficient (Wildman–Crippen LogP) is 2.66. The maximum Gasteiger partial charge on any atom is 0.236 e. The second-order valence-electron chi connectivity index (χ2n) is 5.37. The van der Waals surface area contributed by atoms with E-state index < -0.39 is 0 Å². The zero-order valence-electron chi connectivity index (χ0n) is 12.3. The molecular formula is C14H30N2O. The summed E-state index contributed by atoms with van der Waals surface area (Å²) in [5.41, 5.74) is 0. The minimum atomic E-state index is 0.203. The molecule has 0 radical (unpaired) electrons. The minimum absolute atomic E-state index is 0.203. The quantitative estimate of drug-likeness (QED) is 0.630. The van der Waals surface area contributed by atoms with Crippen LogP contribution in [-0.4, -0.2) is 37.0 Å². The van der Waals surface area contributed by atoms with Gasteiger partial charge < -0.3 is 10.2 Å². The highest BCUT2D eigenvalue weighted by Gasteiger charge is 2.14. The number of carbonyl (C=O) groups excluding carboxylic acids is 1. The molecule has 1 atom stereocenters. The van der Waals surface area contributed by atoms with E-state index in [0.717, 1.165) is 13.0 Å². The van der Waals surface area contributed by atoms with Gasteiger partial charge in [0.1, 0.15) is 0 Å². The van der Waals surface area contributed by atoms with E-state index in [2.05, 4.69) is 33.0 Å². The van der Waals surface area contributed by atoms with Crippen molar-refractivity contribution in [2.24, 2.45) is 5.92 Å². The van der Waals surface area contributed by atoms with Crippen molar-refractivity contribution in [1.29, 1.82) is 0 Å². The molecule has 0 aromatic carbocycles. The van der Waals surface area contributed by atoms with Crippen molar-refractivity contribution in [1.82, 2.24) is 10.2 Å². The number of nitrogens with one attached hydrogen (secondary N) is 1. The van der Waals surface area contributed by atoms with E-state index in [4.69, 9.17) is 0 Å². The van der Waals surface area contributed by atoms with E-state index in [1.807, 2.05) is 11.9 Å². The van der Waals surface area contributed by atoms with Crippen LogP contribution in [0.4, 0.5) is 0 Å². The van der Waals surface area contributed by atoms with E-state index in [1.54, 1.807) is 0 Å². The number of hydrogen-bond acceptors (Lipinski definition) is 2. The van der Waals surface area contributed by atoms with Crippen LogP contribution in [0.1, 0.15) is 53.4 Å². The molecule has 0 unspecified atom stereocenters. The molecule has 3 heteroatoms. The number of amides is 1. The van der Waals surface area contributed by atoms with Crippen LogP contribution in [0, 0.1) is 5.92 Å². The molecule has 0 saturated heterocycles. The summed E-state index contributed by atoms with van der Waals surface area (Å²) in [4.78, 5) is 13.7. The van der Waals surface area contributed by atoms with Crippen LogP contribution in [0.25, 0.3) is 0 Å². The third kappa shape index (κ3) is 8.19. The Balaban J connectivity index is 3.78. The molecule has 0 aliphatic carbocycles. The summed E-state index contributed by atoms with van der Waals surface area (Å²) < 4.78 is 0. The van der Waals surface area contributed by atoms with Crippen LogP contribution < -0.4 is 5.32 Å². The number of rotatable bonds is 9. The predicted molar refractivity (Wildman–Crippen MR) is 74.1 cm³/mol. The van der Waals surface area contributed by atoms with Crippen molar-refractivity contribution in [2.45, 2.75) is 59.4 Å². The van der Waals surface area contributed by atoms with Crippen molar-refractivity contribution in [2.75, 3.05) is 20.1 Å². The van der Waals surface area contributed by atoms with Gasteiger partial charge >= 0.3 is 0 Å². The van der Waals surface area contributed by atoms with Crippen molar-refractivity contribution in [3.8, 4) is 0 Å². The van der Waals surface area contributed by atoms with E-state index in [9.17, 15) is 4.79 Å². The third-order valence-corrected chi connectivity index (χ3v) is 3.11. The van der Waals surface area contributed by atoms with Gasteiger partial charge in [-0.05, 0) is 25.8 Å². The zero-order valence-corrected chi connectivity index (χ0v) is 12.3. The molecule has 17 heavy (non-hydrogen) atoms. The Hall–Kier alpha value is -0.570. The van der Waals surface area contributed by atoms with Gasteiger partial charge in [0.15, 0.2) is 0 Å². The van der Waals surface area contributed by atoms with Crippen LogP contribution >= 0.6 is 0 Å². The summed E-state index contributed by atoms with van der Waals surface area (Å²) in [7, 11) is 1.91. The molecule has 0 saturated carbocycles. The summed E-state index contributed by atoms with van der Waals surface area (Å²) in [6, 6.07) is 0.356. The lowest BCUT2D eigenvalue weighted by Crippen LogP contribution is -2.41. The Labute approximate surface area is 107 Å². The molecule has 0 heterocycles. The lowest BCUT2D eigenvalue weighted by Gasteiger charge is -2.25. The fourth-order valence-corrected chi connectivity index (χ4v) is 1.72. The Morgan fingerprint density at radius 3 is 2.41 bits per heavy atom. The van der Waals surface area contributed by atoms with E-state index >= 15 is 0 Å². The Morgan fingerprint density at radius 2 is 1.88 bits per heavy atom. The monoisotopic (exact) mass is 242 g/mol. The van der Waals surface area contributed by atoms with Gasteiger partial charge in [0.2, 0.25) is 5.91 Å². The molecule has 0 spiro atoms. The fourth-order valence-electron chi connectivity index (χ4n) is 1.72. The van der Waals surface area contributed by atoms with E-state index in [1.165, 1.54) is 19.3 Å². The van der Waals surface area contributed by atoms with Crippen LogP contribution in [-0.2, 0) is 4.79 Å². The smallest absolute Gasteiger partial charge is 0.236 e. The maximum atomic E-state index is 11.9. The van der Waals surface area contributed by atoms with E-state index in [0.29, 0.717) is 18.5 Å². The molecule has 0 bridgehead atoms. The highest BCUT2D eigenvalue weighted by Crippen LogP contribution is 2.08. The Bertz CT molecular complexity index is 204. The van der Waals surface area contributed by atoms with Gasteiger partial charge in [-0.1, -0.05) is 40.0 Å². The summed E-state index contributed by atoms with van der Waals surface area (Å²) in [6.45, 7) is 10.0. The van der Waals surface area contributed by atoms with Gasteiger partial charge in [-0.15, -0.1) is 0 Å². The highest BCUT2D eigenvalue weighted by atomic mass is 16.2. The van der Waals surface area contributed by atoms with Gasteiger partial charge in [0, 0.05) is 13.1 Å². The number of nitrogens with zero attached hydrogens (tertiary/aromatic N) is 1. The van der Waals surface area contributed by atoms with Gasteiger partial charge in [0.25, 0.3) is 0 Å². The first-order valence-electron chi connectivity index (χ1n) is 6.95. The first kappa shape index (κ1) is 16.4. The fraction of sp³-hybridized carbons (Fsp3) is 0.929. The molecule has 102 valence electrons. The van der Waals surface area contributed by atoms with E-state index in [-0.39, 0.29) is 5.91 Å². The van der Waals surface area contributed by atoms with Gasteiger partial charge in [-0.2, -0.15) is 0 Å². The summed E-state index contributed by atoms with van der Waals surface area (Å²) in [5.74, 6) is 0.796. The van der Waals surface area contributed by atoms with Gasteiger partial charge in [-0.3, -0.25) is 4.79 Å². The molecule has 0 rings (SSSR count). The van der Waals surface area contributed by atoms with Crippen LogP contribution in [0.15, 0.2) is 0 Å². The largest absolute Gasteiger partial charge is 0.342 e. The summed E-state index contributed by atoms with van der Waals surface area (Å²) >= 11 is 0. The zero-order chi connectivity index (χ0) is 13.3. The molecular weight excluding hydrogens is 212 g/mol. The Kier molecular flexibility index (Phi) is 9.14. The van der Waals surface area contributed by atoms with Crippen molar-refractivity contribution in [3.63, 3.8) is 0 Å². The number of hydrogen-bond donors (Lipinski definition) is 1. The van der Waals surface area contributed by atoms with Gasteiger partial charge in [0.05, 0.1) is 6.54 Å². The number of carbonyl (C=O) groups is 1. The average Bonchev–Trinajstić information content (AvgIpc) is 2.27. The summed E-state index contributed by atoms with van der Waals surface area (Å²) in [6.07, 6.45) is 4.83. The number of unbranched alkanes of at least 4 members (excludes halogenated alkanes) is 2. The molecule has 0 aliphatic heterocycles. The first-order chi connectivity index (χ1) is 7.99. The summed E-state index contributed by atoms with van der Waals surface area (Å²) in [5, 5.41) is 3.20. The lowest BCUT2D eigenvalue weighted by atomic mass is 10.1. The third-order valence-electron chi connectivity index (χ3n) is 3.11. The normalized spacial score (nSPS) is 12.8. The molecule has 0 aromatic heterocycles. The highest BCUT2D eigenvalue weighted by molar-refractivity contribution is 5.78. The second-order valence-corrected chi connectivity index (χ2v) is 5.37. The molecule has 0 fully saturated rings. The molecule has 0 aromatic rings. The first-order valence-corrected chi connectivity index (χ1v) is 6.95. The maximum absolute atomic E-state index is 11.9. The second kappa shape index (κ2) is 9.46. The lowest BCUT2D eigenvalue weighted by molar-refractivity contribution is -0.130. The van der Waals surface area contributed by atoms with Crippen LogP contribution in [0.2, 0.25) is 0 Å². The average molecular weight is 242 g/mol. The molecule has 3 nitrogen and oxygen atoms in total. The topological polar surface area (TPSA) is 32.3 Å². The molecule has 1 N–H and O–H groups in total.